The minimum atomic E-state index is 0.599. The predicted octanol–water partition coefficient (Wildman–Crippen LogP) is 3.95. The number of nitrogens with two attached hydrogens (primary N) is 1. The van der Waals surface area contributed by atoms with Crippen LogP contribution in [0.4, 0.5) is 5.69 Å². The number of nitrogen functional groups attached to an aromatic ring is 1. The maximum atomic E-state index is 6.21. The van der Waals surface area contributed by atoms with Gasteiger partial charge in [-0.25, -0.2) is 0 Å². The molecule has 0 spiro atoms. The van der Waals surface area contributed by atoms with E-state index >= 15 is 0 Å². The Labute approximate surface area is 112 Å². The highest BCUT2D eigenvalue weighted by Crippen LogP contribution is 2.41. The molecule has 4 heteroatoms. The number of hydrogen-bond acceptors (Lipinski definition) is 2. The average Bonchev–Trinajstić information content (AvgIpc) is 3.02. The molecule has 0 unspecified atom stereocenters. The van der Waals surface area contributed by atoms with Crippen molar-refractivity contribution >= 4 is 50.8 Å². The molecule has 0 bridgehead atoms. The number of aromatic nitrogens is 1. The Morgan fingerprint density at radius 2 is 2.06 bits per heavy atom. The summed E-state index contributed by atoms with van der Waals surface area (Å²) < 4.78 is 1.09. The second-order valence-corrected chi connectivity index (χ2v) is 5.85. The second kappa shape index (κ2) is 3.74. The summed E-state index contributed by atoms with van der Waals surface area (Å²) >= 11 is 8.45. The van der Waals surface area contributed by atoms with Crippen LogP contribution >= 0.6 is 34.2 Å². The molecule has 3 rings (SSSR count). The van der Waals surface area contributed by atoms with Crippen molar-refractivity contribution < 1.29 is 0 Å². The molecule has 1 aliphatic rings. The summed E-state index contributed by atoms with van der Waals surface area (Å²) in [5, 5.41) is 1.65. The quantitative estimate of drug-likeness (QED) is 0.796. The first-order chi connectivity index (χ1) is 7.65. The van der Waals surface area contributed by atoms with Gasteiger partial charge in [0.15, 0.2) is 0 Å². The van der Waals surface area contributed by atoms with Gasteiger partial charge in [-0.3, -0.25) is 4.98 Å². The van der Waals surface area contributed by atoms with Crippen LogP contribution in [0.15, 0.2) is 18.2 Å². The molecule has 2 nitrogen and oxygen atoms in total. The third-order valence-corrected chi connectivity index (χ3v) is 3.79. The number of anilines is 1. The molecule has 0 aliphatic heterocycles. The van der Waals surface area contributed by atoms with E-state index in [1.54, 1.807) is 0 Å². The monoisotopic (exact) mass is 344 g/mol. The van der Waals surface area contributed by atoms with Crippen molar-refractivity contribution in [3.8, 4) is 0 Å². The summed E-state index contributed by atoms with van der Waals surface area (Å²) in [4.78, 5) is 4.62. The molecular formula is C12H10ClIN2. The molecule has 2 N–H and O–H groups in total. The van der Waals surface area contributed by atoms with Crippen molar-refractivity contribution in [2.75, 3.05) is 5.73 Å². The molecule has 0 radical (unpaired) electrons. The SMILES string of the molecule is Nc1cc(C2CC2)nc2c(Cl)cc(I)cc12. The molecule has 1 aromatic carbocycles. The Balaban J connectivity index is 2.32. The van der Waals surface area contributed by atoms with E-state index in [4.69, 9.17) is 17.3 Å². The number of benzene rings is 1. The molecule has 16 heavy (non-hydrogen) atoms. The average molecular weight is 345 g/mol. The Kier molecular flexibility index (Phi) is 2.47. The van der Waals surface area contributed by atoms with E-state index in [9.17, 15) is 0 Å². The van der Waals surface area contributed by atoms with Gasteiger partial charge in [0.1, 0.15) is 0 Å². The molecule has 0 saturated heterocycles. The molecule has 1 aliphatic carbocycles. The zero-order chi connectivity index (χ0) is 11.3. The number of fused-ring (bicyclic) bond motifs is 1. The topological polar surface area (TPSA) is 38.9 Å². The van der Waals surface area contributed by atoms with Gasteiger partial charge >= 0.3 is 0 Å². The number of halogens is 2. The minimum Gasteiger partial charge on any atom is -0.398 e. The highest BCUT2D eigenvalue weighted by atomic mass is 127. The van der Waals surface area contributed by atoms with E-state index in [1.165, 1.54) is 12.8 Å². The maximum absolute atomic E-state index is 6.21. The van der Waals surface area contributed by atoms with E-state index < -0.39 is 0 Å². The number of rotatable bonds is 1. The van der Waals surface area contributed by atoms with E-state index in [1.807, 2.05) is 18.2 Å². The Morgan fingerprint density at radius 3 is 2.75 bits per heavy atom. The summed E-state index contributed by atoms with van der Waals surface area (Å²) in [6.45, 7) is 0. The van der Waals surface area contributed by atoms with Gasteiger partial charge in [0.2, 0.25) is 0 Å². The summed E-state index contributed by atoms with van der Waals surface area (Å²) in [6, 6.07) is 5.95. The molecule has 1 fully saturated rings. The largest absolute Gasteiger partial charge is 0.398 e. The van der Waals surface area contributed by atoms with Crippen LogP contribution in [-0.4, -0.2) is 4.98 Å². The maximum Gasteiger partial charge on any atom is 0.0912 e. The Hall–Kier alpha value is -0.550. The smallest absolute Gasteiger partial charge is 0.0912 e. The van der Waals surface area contributed by atoms with Crippen LogP contribution in [-0.2, 0) is 0 Å². The van der Waals surface area contributed by atoms with Crippen LogP contribution < -0.4 is 5.73 Å². The van der Waals surface area contributed by atoms with Crippen LogP contribution in [0.25, 0.3) is 10.9 Å². The highest BCUT2D eigenvalue weighted by Gasteiger charge is 2.26. The summed E-state index contributed by atoms with van der Waals surface area (Å²) in [7, 11) is 0. The van der Waals surface area contributed by atoms with E-state index in [0.717, 1.165) is 25.9 Å². The standard InChI is InChI=1S/C12H10ClIN2/c13-9-4-7(14)3-8-10(15)5-11(6-1-2-6)16-12(8)9/h3-6H,1-2H2,(H2,15,16). The van der Waals surface area contributed by atoms with Crippen molar-refractivity contribution in [2.45, 2.75) is 18.8 Å². The molecule has 82 valence electrons. The van der Waals surface area contributed by atoms with Gasteiger partial charge in [0.05, 0.1) is 10.5 Å². The first kappa shape index (κ1) is 10.6. The van der Waals surface area contributed by atoms with Crippen molar-refractivity contribution in [1.29, 1.82) is 0 Å². The lowest BCUT2D eigenvalue weighted by Crippen LogP contribution is -1.95. The fourth-order valence-corrected chi connectivity index (χ4v) is 2.95. The zero-order valence-corrected chi connectivity index (χ0v) is 11.4. The molecule has 2 aromatic rings. The normalized spacial score (nSPS) is 15.6. The van der Waals surface area contributed by atoms with Gasteiger partial charge < -0.3 is 5.73 Å². The lowest BCUT2D eigenvalue weighted by molar-refractivity contribution is 1.05. The number of hydrogen-bond donors (Lipinski definition) is 1. The minimum absolute atomic E-state index is 0.599. The van der Waals surface area contributed by atoms with Gasteiger partial charge in [0, 0.05) is 26.3 Å². The Morgan fingerprint density at radius 1 is 1.31 bits per heavy atom. The molecule has 0 atom stereocenters. The van der Waals surface area contributed by atoms with Crippen LogP contribution in [0.1, 0.15) is 24.5 Å². The van der Waals surface area contributed by atoms with E-state index in [-0.39, 0.29) is 0 Å². The first-order valence-electron chi connectivity index (χ1n) is 5.20. The first-order valence-corrected chi connectivity index (χ1v) is 6.66. The molecular weight excluding hydrogens is 335 g/mol. The lowest BCUT2D eigenvalue weighted by Gasteiger charge is -2.07. The van der Waals surface area contributed by atoms with Crippen LogP contribution in [0.2, 0.25) is 5.02 Å². The van der Waals surface area contributed by atoms with Crippen molar-refractivity contribution in [3.63, 3.8) is 0 Å². The number of nitrogens with zero attached hydrogens (tertiary/aromatic N) is 1. The van der Waals surface area contributed by atoms with E-state index in [2.05, 4.69) is 27.6 Å². The van der Waals surface area contributed by atoms with E-state index in [0.29, 0.717) is 10.9 Å². The van der Waals surface area contributed by atoms with Gasteiger partial charge in [-0.15, -0.1) is 0 Å². The van der Waals surface area contributed by atoms with Gasteiger partial charge in [-0.1, -0.05) is 11.6 Å². The van der Waals surface area contributed by atoms with Gasteiger partial charge in [-0.2, -0.15) is 0 Å². The predicted molar refractivity (Wildman–Crippen MR) is 75.9 cm³/mol. The van der Waals surface area contributed by atoms with Crippen molar-refractivity contribution in [2.24, 2.45) is 0 Å². The summed E-state index contributed by atoms with van der Waals surface area (Å²) in [5.74, 6) is 0.599. The zero-order valence-electron chi connectivity index (χ0n) is 8.50. The fourth-order valence-electron chi connectivity index (χ4n) is 1.89. The third-order valence-electron chi connectivity index (χ3n) is 2.88. The summed E-state index contributed by atoms with van der Waals surface area (Å²) in [6.07, 6.45) is 2.44. The fraction of sp³-hybridized carbons (Fsp3) is 0.250. The Bertz CT molecular complexity index is 579. The second-order valence-electron chi connectivity index (χ2n) is 4.19. The highest BCUT2D eigenvalue weighted by molar-refractivity contribution is 14.1. The van der Waals surface area contributed by atoms with Gasteiger partial charge in [0.25, 0.3) is 0 Å². The van der Waals surface area contributed by atoms with Crippen LogP contribution in [0.3, 0.4) is 0 Å². The molecule has 0 amide bonds. The van der Waals surface area contributed by atoms with Crippen molar-refractivity contribution in [1.82, 2.24) is 4.98 Å². The van der Waals surface area contributed by atoms with Crippen LogP contribution in [0.5, 0.6) is 0 Å². The van der Waals surface area contributed by atoms with Crippen molar-refractivity contribution in [3.05, 3.63) is 32.5 Å². The molecule has 1 saturated carbocycles. The molecule has 1 aromatic heterocycles. The van der Waals surface area contributed by atoms with Gasteiger partial charge in [-0.05, 0) is 53.6 Å². The lowest BCUT2D eigenvalue weighted by atomic mass is 10.1. The summed E-state index contributed by atoms with van der Waals surface area (Å²) in [5.41, 5.74) is 8.77. The number of pyridine rings is 1. The molecule has 1 heterocycles. The van der Waals surface area contributed by atoms with Crippen LogP contribution in [0, 0.1) is 3.57 Å². The third kappa shape index (κ3) is 1.76.